The number of aryl methyl sites for hydroxylation is 1. The Morgan fingerprint density at radius 2 is 2.05 bits per heavy atom. The van der Waals surface area contributed by atoms with E-state index < -0.39 is 0 Å². The number of rotatable bonds is 8. The Labute approximate surface area is 134 Å². The van der Waals surface area contributed by atoms with Crippen molar-refractivity contribution in [2.75, 3.05) is 13.2 Å². The number of amides is 1. The lowest BCUT2D eigenvalue weighted by atomic mass is 9.79. The highest BCUT2D eigenvalue weighted by atomic mass is 16.3. The Hall–Kier alpha value is -1.35. The molecule has 1 aliphatic carbocycles. The second-order valence-corrected chi connectivity index (χ2v) is 6.60. The Balaban J connectivity index is 1.89. The largest absolute Gasteiger partial charge is 0.396 e. The summed E-state index contributed by atoms with van der Waals surface area (Å²) in [7, 11) is 0. The molecule has 2 rings (SSSR count). The van der Waals surface area contributed by atoms with Crippen LogP contribution in [-0.4, -0.2) is 24.2 Å². The van der Waals surface area contributed by atoms with Gasteiger partial charge < -0.3 is 10.4 Å². The summed E-state index contributed by atoms with van der Waals surface area (Å²) < 4.78 is 0. The molecule has 22 heavy (non-hydrogen) atoms. The SMILES string of the molecule is CCC(CC)(CCO)CNC(=O)CC1CCc2ccccc21. The van der Waals surface area contributed by atoms with Crippen LogP contribution in [0.5, 0.6) is 0 Å². The van der Waals surface area contributed by atoms with Gasteiger partial charge in [0, 0.05) is 19.6 Å². The Kier molecular flexibility index (Phi) is 6.01. The number of benzene rings is 1. The number of aliphatic hydroxyl groups excluding tert-OH is 1. The van der Waals surface area contributed by atoms with Gasteiger partial charge in [0.15, 0.2) is 0 Å². The molecule has 0 heterocycles. The lowest BCUT2D eigenvalue weighted by molar-refractivity contribution is -0.122. The van der Waals surface area contributed by atoms with E-state index >= 15 is 0 Å². The van der Waals surface area contributed by atoms with Crippen molar-refractivity contribution in [1.82, 2.24) is 5.32 Å². The number of nitrogens with one attached hydrogen (secondary N) is 1. The number of aliphatic hydroxyl groups is 1. The van der Waals surface area contributed by atoms with Crippen LogP contribution in [0.3, 0.4) is 0 Å². The molecule has 1 aliphatic rings. The number of hydrogen-bond acceptors (Lipinski definition) is 2. The molecule has 1 unspecified atom stereocenters. The van der Waals surface area contributed by atoms with Gasteiger partial charge in [0.05, 0.1) is 0 Å². The second kappa shape index (κ2) is 7.77. The van der Waals surface area contributed by atoms with Crippen molar-refractivity contribution in [1.29, 1.82) is 0 Å². The predicted octanol–water partition coefficient (Wildman–Crippen LogP) is 3.41. The summed E-state index contributed by atoms with van der Waals surface area (Å²) in [5.41, 5.74) is 2.79. The number of fused-ring (bicyclic) bond motifs is 1. The van der Waals surface area contributed by atoms with E-state index in [0.717, 1.165) is 32.1 Å². The quantitative estimate of drug-likeness (QED) is 0.773. The highest BCUT2D eigenvalue weighted by Gasteiger charge is 2.28. The fraction of sp³-hybridized carbons (Fsp3) is 0.632. The number of hydrogen-bond donors (Lipinski definition) is 2. The van der Waals surface area contributed by atoms with Crippen molar-refractivity contribution in [2.45, 2.75) is 58.3 Å². The minimum Gasteiger partial charge on any atom is -0.396 e. The minimum absolute atomic E-state index is 0.0397. The molecule has 3 nitrogen and oxygen atoms in total. The fourth-order valence-electron chi connectivity index (χ4n) is 3.62. The first kappa shape index (κ1) is 17.0. The summed E-state index contributed by atoms with van der Waals surface area (Å²) in [4.78, 5) is 12.3. The van der Waals surface area contributed by atoms with Gasteiger partial charge in [0.2, 0.25) is 5.91 Å². The molecule has 1 aromatic carbocycles. The second-order valence-electron chi connectivity index (χ2n) is 6.60. The zero-order valence-electron chi connectivity index (χ0n) is 13.9. The Bertz CT molecular complexity index is 494. The zero-order chi connectivity index (χ0) is 16.0. The van der Waals surface area contributed by atoms with Gasteiger partial charge in [-0.25, -0.2) is 0 Å². The molecule has 0 aromatic heterocycles. The van der Waals surface area contributed by atoms with E-state index in [1.54, 1.807) is 0 Å². The van der Waals surface area contributed by atoms with Crippen molar-refractivity contribution in [2.24, 2.45) is 5.41 Å². The summed E-state index contributed by atoms with van der Waals surface area (Å²) in [5, 5.41) is 12.4. The molecular weight excluding hydrogens is 274 g/mol. The third-order valence-electron chi connectivity index (χ3n) is 5.49. The van der Waals surface area contributed by atoms with Crippen LogP contribution >= 0.6 is 0 Å². The van der Waals surface area contributed by atoms with Crippen LogP contribution in [0.1, 0.15) is 63.0 Å². The van der Waals surface area contributed by atoms with Crippen molar-refractivity contribution < 1.29 is 9.90 Å². The summed E-state index contributed by atoms with van der Waals surface area (Å²) in [6.45, 7) is 5.14. The topological polar surface area (TPSA) is 49.3 Å². The molecule has 0 saturated heterocycles. The van der Waals surface area contributed by atoms with Gasteiger partial charge in [0.1, 0.15) is 0 Å². The number of carbonyl (C=O) groups is 1. The molecule has 2 N–H and O–H groups in total. The molecule has 0 radical (unpaired) electrons. The first-order chi connectivity index (χ1) is 10.6. The summed E-state index contributed by atoms with van der Waals surface area (Å²) >= 11 is 0. The first-order valence-electron chi connectivity index (χ1n) is 8.59. The van der Waals surface area contributed by atoms with E-state index in [0.29, 0.717) is 18.9 Å². The maximum Gasteiger partial charge on any atom is 0.220 e. The number of carbonyl (C=O) groups excluding carboxylic acids is 1. The summed E-state index contributed by atoms with van der Waals surface area (Å²) in [6, 6.07) is 8.48. The van der Waals surface area contributed by atoms with Crippen molar-refractivity contribution in [3.8, 4) is 0 Å². The third-order valence-corrected chi connectivity index (χ3v) is 5.49. The average molecular weight is 303 g/mol. The van der Waals surface area contributed by atoms with Crippen LogP contribution in [0, 0.1) is 5.41 Å². The molecular formula is C19H29NO2. The normalized spacial score (nSPS) is 17.3. The average Bonchev–Trinajstić information content (AvgIpc) is 2.95. The van der Waals surface area contributed by atoms with E-state index in [4.69, 9.17) is 0 Å². The lowest BCUT2D eigenvalue weighted by Crippen LogP contribution is -2.38. The van der Waals surface area contributed by atoms with Crippen LogP contribution in [0.15, 0.2) is 24.3 Å². The predicted molar refractivity (Wildman–Crippen MR) is 89.8 cm³/mol. The van der Waals surface area contributed by atoms with Crippen LogP contribution in [0.4, 0.5) is 0 Å². The molecule has 0 aliphatic heterocycles. The summed E-state index contributed by atoms with van der Waals surface area (Å²) in [5.74, 6) is 0.512. The van der Waals surface area contributed by atoms with Crippen molar-refractivity contribution in [3.05, 3.63) is 35.4 Å². The Morgan fingerprint density at radius 1 is 1.32 bits per heavy atom. The van der Waals surface area contributed by atoms with Gasteiger partial charge in [-0.15, -0.1) is 0 Å². The molecule has 1 atom stereocenters. The van der Waals surface area contributed by atoms with Gasteiger partial charge >= 0.3 is 0 Å². The van der Waals surface area contributed by atoms with E-state index in [2.05, 4.69) is 43.4 Å². The van der Waals surface area contributed by atoms with Gasteiger partial charge in [-0.1, -0.05) is 38.1 Å². The molecule has 1 aromatic rings. The van der Waals surface area contributed by atoms with E-state index in [1.165, 1.54) is 11.1 Å². The van der Waals surface area contributed by atoms with Gasteiger partial charge in [-0.2, -0.15) is 0 Å². The van der Waals surface area contributed by atoms with Gasteiger partial charge in [0.25, 0.3) is 0 Å². The molecule has 122 valence electrons. The maximum absolute atomic E-state index is 12.3. The monoisotopic (exact) mass is 303 g/mol. The zero-order valence-corrected chi connectivity index (χ0v) is 13.9. The van der Waals surface area contributed by atoms with Crippen molar-refractivity contribution in [3.63, 3.8) is 0 Å². The lowest BCUT2D eigenvalue weighted by Gasteiger charge is -2.31. The molecule has 3 heteroatoms. The van der Waals surface area contributed by atoms with Crippen LogP contribution < -0.4 is 5.32 Å². The maximum atomic E-state index is 12.3. The van der Waals surface area contributed by atoms with Crippen LogP contribution in [0.25, 0.3) is 0 Å². The summed E-state index contributed by atoms with van der Waals surface area (Å²) in [6.07, 6.45) is 5.47. The molecule has 0 fully saturated rings. The minimum atomic E-state index is 0.0397. The molecule has 0 spiro atoms. The van der Waals surface area contributed by atoms with Crippen molar-refractivity contribution >= 4 is 5.91 Å². The molecule has 0 bridgehead atoms. The molecule has 0 saturated carbocycles. The smallest absolute Gasteiger partial charge is 0.220 e. The third kappa shape index (κ3) is 3.89. The van der Waals surface area contributed by atoms with E-state index in [1.807, 2.05) is 0 Å². The highest BCUT2D eigenvalue weighted by molar-refractivity contribution is 5.77. The first-order valence-corrected chi connectivity index (χ1v) is 8.59. The van der Waals surface area contributed by atoms with Gasteiger partial charge in [-0.05, 0) is 54.6 Å². The van der Waals surface area contributed by atoms with Crippen LogP contribution in [-0.2, 0) is 11.2 Å². The van der Waals surface area contributed by atoms with E-state index in [-0.39, 0.29) is 17.9 Å². The Morgan fingerprint density at radius 3 is 2.73 bits per heavy atom. The fourth-order valence-corrected chi connectivity index (χ4v) is 3.62. The standard InChI is InChI=1S/C19H29NO2/c1-3-19(4-2,11-12-21)14-20-18(22)13-16-10-9-15-7-5-6-8-17(15)16/h5-8,16,21H,3-4,9-14H2,1-2H3,(H,20,22). The molecule has 1 amide bonds. The highest BCUT2D eigenvalue weighted by Crippen LogP contribution is 2.35. The van der Waals surface area contributed by atoms with E-state index in [9.17, 15) is 9.90 Å². The van der Waals surface area contributed by atoms with Crippen LogP contribution in [0.2, 0.25) is 0 Å². The van der Waals surface area contributed by atoms with Gasteiger partial charge in [-0.3, -0.25) is 4.79 Å².